The molecule has 0 aromatic carbocycles. The van der Waals surface area contributed by atoms with Crippen LogP contribution in [0.15, 0.2) is 0 Å². The first-order chi connectivity index (χ1) is 12.1. The predicted molar refractivity (Wildman–Crippen MR) is 107 cm³/mol. The molecule has 144 valence electrons. The highest BCUT2D eigenvalue weighted by atomic mass is 14.9. The lowest BCUT2D eigenvalue weighted by molar-refractivity contribution is 0.00263. The van der Waals surface area contributed by atoms with Gasteiger partial charge in [-0.3, -0.25) is 0 Å². The lowest BCUT2D eigenvalue weighted by Gasteiger charge is -2.52. The van der Waals surface area contributed by atoms with E-state index >= 15 is 0 Å². The maximum atomic E-state index is 3.92. The van der Waals surface area contributed by atoms with Crippen LogP contribution in [0.2, 0.25) is 0 Å². The van der Waals surface area contributed by atoms with Gasteiger partial charge in [0.25, 0.3) is 0 Å². The Morgan fingerprint density at radius 2 is 1.44 bits per heavy atom. The molecule has 0 saturated heterocycles. The smallest absolute Gasteiger partial charge is 0.00725 e. The summed E-state index contributed by atoms with van der Waals surface area (Å²) in [5.41, 5.74) is 1.56. The SMILES string of the molecule is CCC1CC2(CCC(NCCCC3CC4(CCC(NC)CC4)C3)C2)C1. The molecule has 2 heteroatoms. The quantitative estimate of drug-likeness (QED) is 0.613. The fourth-order valence-electron chi connectivity index (χ4n) is 7.20. The fourth-order valence-corrected chi connectivity index (χ4v) is 7.20. The van der Waals surface area contributed by atoms with Crippen molar-refractivity contribution in [2.24, 2.45) is 22.7 Å². The molecule has 4 saturated carbocycles. The van der Waals surface area contributed by atoms with Crippen molar-refractivity contribution < 1.29 is 0 Å². The largest absolute Gasteiger partial charge is 0.317 e. The van der Waals surface area contributed by atoms with Crippen molar-refractivity contribution in [1.82, 2.24) is 10.6 Å². The molecule has 0 bridgehead atoms. The van der Waals surface area contributed by atoms with Crippen LogP contribution in [0, 0.1) is 22.7 Å². The van der Waals surface area contributed by atoms with Crippen molar-refractivity contribution >= 4 is 0 Å². The molecule has 0 amide bonds. The first-order valence-corrected chi connectivity index (χ1v) is 11.5. The van der Waals surface area contributed by atoms with E-state index in [1.54, 1.807) is 25.7 Å². The van der Waals surface area contributed by atoms with Crippen molar-refractivity contribution in [3.8, 4) is 0 Å². The summed E-state index contributed by atoms with van der Waals surface area (Å²) in [6, 6.07) is 1.66. The van der Waals surface area contributed by atoms with Crippen LogP contribution in [0.1, 0.15) is 96.8 Å². The third-order valence-corrected chi connectivity index (χ3v) is 8.84. The molecule has 2 nitrogen and oxygen atoms in total. The van der Waals surface area contributed by atoms with Gasteiger partial charge in [-0.1, -0.05) is 13.3 Å². The van der Waals surface area contributed by atoms with E-state index in [2.05, 4.69) is 24.6 Å². The summed E-state index contributed by atoms with van der Waals surface area (Å²) in [7, 11) is 2.14. The van der Waals surface area contributed by atoms with Gasteiger partial charge in [0, 0.05) is 12.1 Å². The highest BCUT2D eigenvalue weighted by Gasteiger charge is 2.48. The zero-order valence-electron chi connectivity index (χ0n) is 16.9. The number of hydrogen-bond acceptors (Lipinski definition) is 2. The van der Waals surface area contributed by atoms with E-state index in [1.165, 1.54) is 70.8 Å². The van der Waals surface area contributed by atoms with E-state index in [9.17, 15) is 0 Å². The van der Waals surface area contributed by atoms with Crippen molar-refractivity contribution in [3.05, 3.63) is 0 Å². The summed E-state index contributed by atoms with van der Waals surface area (Å²) >= 11 is 0. The summed E-state index contributed by atoms with van der Waals surface area (Å²) in [6.45, 7) is 3.66. The maximum Gasteiger partial charge on any atom is 0.00725 e. The van der Waals surface area contributed by atoms with Crippen LogP contribution < -0.4 is 10.6 Å². The Morgan fingerprint density at radius 1 is 0.800 bits per heavy atom. The predicted octanol–water partition coefficient (Wildman–Crippen LogP) is 5.27. The number of rotatable bonds is 7. The molecule has 4 fully saturated rings. The van der Waals surface area contributed by atoms with E-state index in [1.807, 2.05) is 0 Å². The average Bonchev–Trinajstić information content (AvgIpc) is 3.00. The first-order valence-electron chi connectivity index (χ1n) is 11.5. The fraction of sp³-hybridized carbons (Fsp3) is 1.00. The van der Waals surface area contributed by atoms with E-state index in [0.717, 1.165) is 34.7 Å². The summed E-state index contributed by atoms with van der Waals surface area (Å²) in [6.07, 6.45) is 20.8. The first kappa shape index (κ1) is 18.3. The third-order valence-electron chi connectivity index (χ3n) is 8.84. The Labute approximate surface area is 156 Å². The van der Waals surface area contributed by atoms with Crippen LogP contribution in [-0.2, 0) is 0 Å². The van der Waals surface area contributed by atoms with E-state index in [-0.39, 0.29) is 0 Å². The molecule has 4 rings (SSSR count). The number of nitrogens with one attached hydrogen (secondary N) is 2. The molecule has 2 N–H and O–H groups in total. The van der Waals surface area contributed by atoms with Crippen molar-refractivity contribution in [2.45, 2.75) is 109 Å². The Hall–Kier alpha value is -0.0800. The van der Waals surface area contributed by atoms with Crippen LogP contribution >= 0.6 is 0 Å². The summed E-state index contributed by atoms with van der Waals surface area (Å²) in [5, 5.41) is 7.40. The number of hydrogen-bond donors (Lipinski definition) is 2. The standard InChI is InChI=1S/C23H42N2/c1-3-18-13-23(14-18)11-8-21(17-23)25-12-4-5-19-15-22(16-19)9-6-20(24-2)7-10-22/h18-21,24-25H,3-17H2,1-2H3. The zero-order valence-corrected chi connectivity index (χ0v) is 16.9. The minimum atomic E-state index is 0.781. The highest BCUT2D eigenvalue weighted by molar-refractivity contribution is 5.01. The van der Waals surface area contributed by atoms with E-state index < -0.39 is 0 Å². The lowest BCUT2D eigenvalue weighted by atomic mass is 9.54. The Kier molecular flexibility index (Phi) is 5.49. The molecule has 4 aliphatic rings. The topological polar surface area (TPSA) is 24.1 Å². The minimum absolute atomic E-state index is 0.781. The van der Waals surface area contributed by atoms with Gasteiger partial charge in [0.1, 0.15) is 0 Å². The van der Waals surface area contributed by atoms with Gasteiger partial charge in [0.15, 0.2) is 0 Å². The van der Waals surface area contributed by atoms with E-state index in [4.69, 9.17) is 0 Å². The van der Waals surface area contributed by atoms with Gasteiger partial charge in [-0.2, -0.15) is 0 Å². The molecule has 0 aromatic rings. The molecular formula is C23H42N2. The molecule has 0 aliphatic heterocycles. The second kappa shape index (κ2) is 7.50. The summed E-state index contributed by atoms with van der Waals surface area (Å²) < 4.78 is 0. The van der Waals surface area contributed by atoms with Crippen LogP contribution in [0.4, 0.5) is 0 Å². The van der Waals surface area contributed by atoms with Crippen molar-refractivity contribution in [3.63, 3.8) is 0 Å². The molecule has 1 atom stereocenters. The van der Waals surface area contributed by atoms with Gasteiger partial charge in [-0.05, 0) is 120 Å². The maximum absolute atomic E-state index is 3.92. The van der Waals surface area contributed by atoms with Crippen LogP contribution in [0.5, 0.6) is 0 Å². The minimum Gasteiger partial charge on any atom is -0.317 e. The molecule has 25 heavy (non-hydrogen) atoms. The van der Waals surface area contributed by atoms with Crippen molar-refractivity contribution in [2.75, 3.05) is 13.6 Å². The normalized spacial score (nSPS) is 46.3. The summed E-state index contributed by atoms with van der Waals surface area (Å²) in [4.78, 5) is 0. The second-order valence-electron chi connectivity index (χ2n) is 10.6. The van der Waals surface area contributed by atoms with Crippen molar-refractivity contribution in [1.29, 1.82) is 0 Å². The van der Waals surface area contributed by atoms with Crippen LogP contribution in [0.3, 0.4) is 0 Å². The molecule has 0 aromatic heterocycles. The zero-order chi connectivity index (χ0) is 17.3. The van der Waals surface area contributed by atoms with Gasteiger partial charge >= 0.3 is 0 Å². The Balaban J connectivity index is 1.06. The molecule has 0 radical (unpaired) electrons. The monoisotopic (exact) mass is 346 g/mol. The van der Waals surface area contributed by atoms with Crippen LogP contribution in [-0.4, -0.2) is 25.7 Å². The average molecular weight is 347 g/mol. The van der Waals surface area contributed by atoms with Gasteiger partial charge < -0.3 is 10.6 Å². The van der Waals surface area contributed by atoms with Crippen LogP contribution in [0.25, 0.3) is 0 Å². The van der Waals surface area contributed by atoms with Gasteiger partial charge in [-0.15, -0.1) is 0 Å². The van der Waals surface area contributed by atoms with Gasteiger partial charge in [0.2, 0.25) is 0 Å². The van der Waals surface area contributed by atoms with Gasteiger partial charge in [0.05, 0.1) is 0 Å². The molecule has 4 aliphatic carbocycles. The van der Waals surface area contributed by atoms with Gasteiger partial charge in [-0.25, -0.2) is 0 Å². The summed E-state index contributed by atoms with van der Waals surface area (Å²) in [5.74, 6) is 2.12. The lowest BCUT2D eigenvalue weighted by Crippen LogP contribution is -2.44. The molecule has 1 unspecified atom stereocenters. The Bertz CT molecular complexity index is 423. The molecule has 0 heterocycles. The molecule has 2 spiro atoms. The third kappa shape index (κ3) is 3.95. The second-order valence-corrected chi connectivity index (χ2v) is 10.6. The van der Waals surface area contributed by atoms with E-state index in [0.29, 0.717) is 0 Å². The highest BCUT2D eigenvalue weighted by Crippen LogP contribution is 2.57. The Morgan fingerprint density at radius 3 is 2.12 bits per heavy atom. The molecular weight excluding hydrogens is 304 g/mol.